The van der Waals surface area contributed by atoms with Crippen LogP contribution >= 0.6 is 23.4 Å². The Morgan fingerprint density at radius 1 is 1.27 bits per heavy atom. The lowest BCUT2D eigenvalue weighted by molar-refractivity contribution is -0.121. The number of carboxylic acid groups (broad SMARTS) is 1. The van der Waals surface area contributed by atoms with Crippen LogP contribution in [0.1, 0.15) is 16.8 Å². The molecule has 1 saturated heterocycles. The molecule has 0 radical (unpaired) electrons. The zero-order valence-electron chi connectivity index (χ0n) is 13.6. The highest BCUT2D eigenvalue weighted by molar-refractivity contribution is 8.00. The van der Waals surface area contributed by atoms with E-state index in [1.54, 1.807) is 30.3 Å². The number of carboxylic acids is 1. The van der Waals surface area contributed by atoms with Crippen molar-refractivity contribution in [3.8, 4) is 5.75 Å². The minimum absolute atomic E-state index is 0.0367. The molecule has 8 heteroatoms. The maximum absolute atomic E-state index is 12.8. The van der Waals surface area contributed by atoms with Gasteiger partial charge >= 0.3 is 5.97 Å². The number of carbonyl (C=O) groups excluding carboxylic acids is 2. The van der Waals surface area contributed by atoms with Crippen molar-refractivity contribution in [2.75, 3.05) is 12.0 Å². The number of carbonyl (C=O) groups is 3. The highest BCUT2D eigenvalue weighted by Gasteiger charge is 2.41. The van der Waals surface area contributed by atoms with Crippen molar-refractivity contribution in [3.63, 3.8) is 0 Å². The summed E-state index contributed by atoms with van der Waals surface area (Å²) in [5.74, 6) is -1.44. The van der Waals surface area contributed by atoms with Gasteiger partial charge < -0.3 is 9.84 Å². The Bertz CT molecular complexity index is 901. The summed E-state index contributed by atoms with van der Waals surface area (Å²) < 4.78 is 5.13. The largest absolute Gasteiger partial charge is 0.497 e. The molecule has 1 fully saturated rings. The molecule has 6 nitrogen and oxygen atoms in total. The van der Waals surface area contributed by atoms with E-state index in [1.165, 1.54) is 19.2 Å². The Kier molecular flexibility index (Phi) is 5.20. The number of rotatable bonds is 5. The number of anilines is 1. The fourth-order valence-electron chi connectivity index (χ4n) is 2.64. The Morgan fingerprint density at radius 3 is 2.69 bits per heavy atom. The van der Waals surface area contributed by atoms with Crippen molar-refractivity contribution in [1.29, 1.82) is 0 Å². The predicted molar refractivity (Wildman–Crippen MR) is 98.2 cm³/mol. The van der Waals surface area contributed by atoms with Crippen LogP contribution in [0.25, 0.3) is 0 Å². The molecular weight excluding hydrogens is 378 g/mol. The fourth-order valence-corrected chi connectivity index (χ4v) is 4.02. The first-order valence-electron chi connectivity index (χ1n) is 7.61. The molecule has 0 aliphatic carbocycles. The summed E-state index contributed by atoms with van der Waals surface area (Å²) in [6.07, 6.45) is -0.0367. The van der Waals surface area contributed by atoms with Gasteiger partial charge in [0.1, 0.15) is 5.75 Å². The molecule has 0 aromatic heterocycles. The van der Waals surface area contributed by atoms with Crippen molar-refractivity contribution in [2.45, 2.75) is 16.6 Å². The molecule has 1 atom stereocenters. The number of amides is 2. The quantitative estimate of drug-likeness (QED) is 0.785. The molecule has 26 heavy (non-hydrogen) atoms. The van der Waals surface area contributed by atoms with Gasteiger partial charge in [0.25, 0.3) is 0 Å². The molecule has 2 aromatic rings. The van der Waals surface area contributed by atoms with E-state index in [0.29, 0.717) is 10.6 Å². The minimum Gasteiger partial charge on any atom is -0.497 e. The van der Waals surface area contributed by atoms with E-state index in [0.717, 1.165) is 16.7 Å². The number of halogens is 1. The first-order valence-corrected chi connectivity index (χ1v) is 8.87. The normalized spacial score (nSPS) is 16.8. The Hall–Kier alpha value is -2.51. The molecule has 134 valence electrons. The molecule has 1 heterocycles. The maximum Gasteiger partial charge on any atom is 0.336 e. The van der Waals surface area contributed by atoms with Gasteiger partial charge in [0, 0.05) is 17.4 Å². The van der Waals surface area contributed by atoms with Gasteiger partial charge in [0.05, 0.1) is 28.6 Å². The van der Waals surface area contributed by atoms with Crippen LogP contribution in [0.3, 0.4) is 0 Å². The van der Waals surface area contributed by atoms with Gasteiger partial charge in [0.15, 0.2) is 0 Å². The van der Waals surface area contributed by atoms with Gasteiger partial charge in [-0.15, -0.1) is 11.8 Å². The second-order valence-corrected chi connectivity index (χ2v) is 7.15. The van der Waals surface area contributed by atoms with Crippen molar-refractivity contribution < 1.29 is 24.2 Å². The van der Waals surface area contributed by atoms with Gasteiger partial charge in [-0.05, 0) is 24.3 Å². The zero-order chi connectivity index (χ0) is 18.8. The Balaban J connectivity index is 1.90. The molecule has 2 aromatic carbocycles. The van der Waals surface area contributed by atoms with E-state index in [1.807, 2.05) is 0 Å². The van der Waals surface area contributed by atoms with Crippen molar-refractivity contribution in [1.82, 2.24) is 0 Å². The molecule has 0 saturated carbocycles. The van der Waals surface area contributed by atoms with E-state index in [2.05, 4.69) is 0 Å². The summed E-state index contributed by atoms with van der Waals surface area (Å²) >= 11 is 7.22. The number of ether oxygens (including phenoxy) is 1. The highest BCUT2D eigenvalue weighted by Crippen LogP contribution is 2.38. The molecule has 0 spiro atoms. The van der Waals surface area contributed by atoms with E-state index >= 15 is 0 Å². The summed E-state index contributed by atoms with van der Waals surface area (Å²) in [4.78, 5) is 38.0. The van der Waals surface area contributed by atoms with Crippen molar-refractivity contribution in [2.24, 2.45) is 0 Å². The second-order valence-electron chi connectivity index (χ2n) is 5.50. The van der Waals surface area contributed by atoms with Gasteiger partial charge in [-0.2, -0.15) is 0 Å². The van der Waals surface area contributed by atoms with Crippen molar-refractivity contribution in [3.05, 3.63) is 53.1 Å². The highest BCUT2D eigenvalue weighted by atomic mass is 35.5. The number of benzene rings is 2. The third-order valence-corrected chi connectivity index (χ3v) is 5.47. The monoisotopic (exact) mass is 391 g/mol. The predicted octanol–water partition coefficient (Wildman–Crippen LogP) is 3.47. The topological polar surface area (TPSA) is 83.9 Å². The van der Waals surface area contributed by atoms with Crippen LogP contribution in [-0.4, -0.2) is 35.2 Å². The summed E-state index contributed by atoms with van der Waals surface area (Å²) in [7, 11) is 1.47. The standard InChI is InChI=1S/C18H14ClNO5S/c1-25-10-6-7-12(19)13(8-10)20-16(21)9-15(17(20)22)26-14-5-3-2-4-11(14)18(23)24/h2-8,15H,9H2,1H3,(H,23,24). The van der Waals surface area contributed by atoms with Crippen LogP contribution in [0.4, 0.5) is 5.69 Å². The van der Waals surface area contributed by atoms with Crippen LogP contribution in [-0.2, 0) is 9.59 Å². The third kappa shape index (κ3) is 3.40. The summed E-state index contributed by atoms with van der Waals surface area (Å²) in [5.41, 5.74) is 0.353. The van der Waals surface area contributed by atoms with E-state index in [9.17, 15) is 19.5 Å². The molecule has 1 aliphatic rings. The van der Waals surface area contributed by atoms with Crippen LogP contribution in [0.15, 0.2) is 47.4 Å². The zero-order valence-corrected chi connectivity index (χ0v) is 15.2. The van der Waals surface area contributed by atoms with Gasteiger partial charge in [-0.1, -0.05) is 23.7 Å². The summed E-state index contributed by atoms with van der Waals surface area (Å²) in [6, 6.07) is 11.1. The third-order valence-electron chi connectivity index (χ3n) is 3.89. The molecular formula is C18H14ClNO5S. The number of imide groups is 1. The number of hydrogen-bond acceptors (Lipinski definition) is 5. The van der Waals surface area contributed by atoms with E-state index in [-0.39, 0.29) is 22.7 Å². The first-order chi connectivity index (χ1) is 12.4. The van der Waals surface area contributed by atoms with E-state index < -0.39 is 23.0 Å². The van der Waals surface area contributed by atoms with Gasteiger partial charge in [-0.3, -0.25) is 9.59 Å². The smallest absolute Gasteiger partial charge is 0.336 e. The molecule has 0 bridgehead atoms. The number of methoxy groups -OCH3 is 1. The van der Waals surface area contributed by atoms with E-state index in [4.69, 9.17) is 16.3 Å². The van der Waals surface area contributed by atoms with Crippen LogP contribution in [0.5, 0.6) is 5.75 Å². The van der Waals surface area contributed by atoms with Gasteiger partial charge in [-0.25, -0.2) is 9.69 Å². The lowest BCUT2D eigenvalue weighted by Gasteiger charge is -2.17. The average Bonchev–Trinajstić information content (AvgIpc) is 2.89. The van der Waals surface area contributed by atoms with Gasteiger partial charge in [0.2, 0.25) is 11.8 Å². The maximum atomic E-state index is 12.8. The first kappa shape index (κ1) is 18.3. The number of nitrogens with zero attached hydrogens (tertiary/aromatic N) is 1. The summed E-state index contributed by atoms with van der Waals surface area (Å²) in [6.45, 7) is 0. The molecule has 1 aliphatic heterocycles. The Morgan fingerprint density at radius 2 is 2.00 bits per heavy atom. The lowest BCUT2D eigenvalue weighted by Crippen LogP contribution is -2.31. The molecule has 3 rings (SSSR count). The number of aromatic carboxylic acids is 1. The fraction of sp³-hybridized carbons (Fsp3) is 0.167. The van der Waals surface area contributed by atoms with Crippen LogP contribution < -0.4 is 9.64 Å². The molecule has 2 amide bonds. The SMILES string of the molecule is COc1ccc(Cl)c(N2C(=O)CC(Sc3ccccc3C(=O)O)C2=O)c1. The lowest BCUT2D eigenvalue weighted by atomic mass is 10.2. The molecule has 1 unspecified atom stereocenters. The average molecular weight is 392 g/mol. The Labute approximate surface area is 158 Å². The summed E-state index contributed by atoms with van der Waals surface area (Å²) in [5, 5.41) is 8.81. The molecule has 1 N–H and O–H groups in total. The van der Waals surface area contributed by atoms with Crippen LogP contribution in [0, 0.1) is 0 Å². The van der Waals surface area contributed by atoms with Crippen LogP contribution in [0.2, 0.25) is 5.02 Å². The number of hydrogen-bond donors (Lipinski definition) is 1. The van der Waals surface area contributed by atoms with Crippen molar-refractivity contribution >= 4 is 46.8 Å². The number of thioether (sulfide) groups is 1. The minimum atomic E-state index is -1.09. The second kappa shape index (κ2) is 7.39.